The highest BCUT2D eigenvalue weighted by Crippen LogP contribution is 2.46. The molecule has 2 aromatic rings. The number of rotatable bonds is 2. The summed E-state index contributed by atoms with van der Waals surface area (Å²) in [6.07, 6.45) is 5.85. The molecule has 5 nitrogen and oxygen atoms in total. The number of piperidine rings is 1. The molecule has 1 saturated heterocycles. The number of methoxy groups -OCH3 is 1. The van der Waals surface area contributed by atoms with Crippen LogP contribution in [0.15, 0.2) is 28.7 Å². The van der Waals surface area contributed by atoms with E-state index in [9.17, 15) is 4.79 Å². The van der Waals surface area contributed by atoms with Crippen molar-refractivity contribution >= 4 is 17.0 Å². The predicted molar refractivity (Wildman–Crippen MR) is 86.2 cm³/mol. The topological polar surface area (TPSA) is 55.6 Å². The maximum absolute atomic E-state index is 12.8. The third-order valence-electron chi connectivity index (χ3n) is 5.48. The lowest BCUT2D eigenvalue weighted by molar-refractivity contribution is -0.0302. The third kappa shape index (κ3) is 2.43. The van der Waals surface area contributed by atoms with Gasteiger partial charge in [-0.15, -0.1) is 0 Å². The van der Waals surface area contributed by atoms with Crippen molar-refractivity contribution in [1.82, 2.24) is 9.88 Å². The second kappa shape index (κ2) is 5.64. The van der Waals surface area contributed by atoms with Crippen LogP contribution in [0.3, 0.4) is 0 Å². The van der Waals surface area contributed by atoms with E-state index in [0.29, 0.717) is 5.58 Å². The van der Waals surface area contributed by atoms with Gasteiger partial charge in [0.25, 0.3) is 5.89 Å². The molecule has 2 aliphatic rings. The number of hydrogen-bond donors (Lipinski definition) is 0. The van der Waals surface area contributed by atoms with Crippen LogP contribution in [0.5, 0.6) is 0 Å². The SMILES string of the molecule is CO[C@@H]1CCC[C@@]12CCCN(C(=O)c1nc3ccccc3o1)C2. The van der Waals surface area contributed by atoms with Crippen LogP contribution < -0.4 is 0 Å². The zero-order valence-corrected chi connectivity index (χ0v) is 13.5. The number of likely N-dealkylation sites (tertiary alicyclic amines) is 1. The number of benzene rings is 1. The lowest BCUT2D eigenvalue weighted by atomic mass is 9.76. The molecule has 5 heteroatoms. The van der Waals surface area contributed by atoms with Gasteiger partial charge in [0.2, 0.25) is 0 Å². The maximum atomic E-state index is 12.8. The fourth-order valence-corrected chi connectivity index (χ4v) is 4.37. The van der Waals surface area contributed by atoms with E-state index in [-0.39, 0.29) is 23.3 Å². The summed E-state index contributed by atoms with van der Waals surface area (Å²) in [5, 5.41) is 0. The number of carbonyl (C=O) groups excluding carboxylic acids is 1. The van der Waals surface area contributed by atoms with Crippen LogP contribution in [0.25, 0.3) is 11.1 Å². The third-order valence-corrected chi connectivity index (χ3v) is 5.48. The summed E-state index contributed by atoms with van der Waals surface area (Å²) >= 11 is 0. The Morgan fingerprint density at radius 2 is 2.17 bits per heavy atom. The minimum atomic E-state index is -0.0953. The van der Waals surface area contributed by atoms with Crippen LogP contribution in [-0.2, 0) is 4.74 Å². The number of carbonyl (C=O) groups is 1. The first-order valence-electron chi connectivity index (χ1n) is 8.39. The molecule has 122 valence electrons. The monoisotopic (exact) mass is 314 g/mol. The molecule has 1 spiro atoms. The molecular weight excluding hydrogens is 292 g/mol. The van der Waals surface area contributed by atoms with Gasteiger partial charge in [-0.1, -0.05) is 18.6 Å². The van der Waals surface area contributed by atoms with E-state index in [1.54, 1.807) is 7.11 Å². The number of oxazole rings is 1. The molecule has 0 radical (unpaired) electrons. The van der Waals surface area contributed by atoms with Crippen molar-refractivity contribution in [3.8, 4) is 0 Å². The summed E-state index contributed by atoms with van der Waals surface area (Å²) in [4.78, 5) is 19.1. The Bertz CT molecular complexity index is 693. The van der Waals surface area contributed by atoms with E-state index in [1.807, 2.05) is 29.2 Å². The van der Waals surface area contributed by atoms with Crippen molar-refractivity contribution in [2.24, 2.45) is 5.41 Å². The quantitative estimate of drug-likeness (QED) is 0.854. The van der Waals surface area contributed by atoms with Crippen LogP contribution in [0.2, 0.25) is 0 Å². The van der Waals surface area contributed by atoms with Gasteiger partial charge < -0.3 is 14.1 Å². The molecule has 0 bridgehead atoms. The predicted octanol–water partition coefficient (Wildman–Crippen LogP) is 3.25. The van der Waals surface area contributed by atoms with Gasteiger partial charge in [0.15, 0.2) is 5.58 Å². The van der Waals surface area contributed by atoms with Crippen LogP contribution >= 0.6 is 0 Å². The molecule has 1 aromatic carbocycles. The zero-order chi connectivity index (χ0) is 15.9. The molecule has 23 heavy (non-hydrogen) atoms. The second-order valence-electron chi connectivity index (χ2n) is 6.80. The molecule has 1 saturated carbocycles. The molecule has 2 atom stereocenters. The summed E-state index contributed by atoms with van der Waals surface area (Å²) in [5.41, 5.74) is 1.52. The largest absolute Gasteiger partial charge is 0.432 e. The van der Waals surface area contributed by atoms with Gasteiger partial charge in [-0.2, -0.15) is 0 Å². The van der Waals surface area contributed by atoms with Crippen LogP contribution in [0.1, 0.15) is 42.8 Å². The van der Waals surface area contributed by atoms with E-state index in [4.69, 9.17) is 9.15 Å². The lowest BCUT2D eigenvalue weighted by Crippen LogP contribution is -2.49. The Morgan fingerprint density at radius 3 is 3.00 bits per heavy atom. The van der Waals surface area contributed by atoms with E-state index in [2.05, 4.69) is 4.98 Å². The molecule has 4 rings (SSSR count). The van der Waals surface area contributed by atoms with Crippen LogP contribution in [0.4, 0.5) is 0 Å². The molecular formula is C18H22N2O3. The summed E-state index contributed by atoms with van der Waals surface area (Å²) in [6, 6.07) is 7.50. The first-order valence-corrected chi connectivity index (χ1v) is 8.39. The average molecular weight is 314 g/mol. The number of nitrogens with zero attached hydrogens (tertiary/aromatic N) is 2. The van der Waals surface area contributed by atoms with Gasteiger partial charge in [0.05, 0.1) is 6.10 Å². The molecule has 1 aliphatic heterocycles. The molecule has 2 heterocycles. The zero-order valence-electron chi connectivity index (χ0n) is 13.5. The Balaban J connectivity index is 1.58. The summed E-state index contributed by atoms with van der Waals surface area (Å²) in [7, 11) is 1.79. The van der Waals surface area contributed by atoms with E-state index >= 15 is 0 Å². The lowest BCUT2D eigenvalue weighted by Gasteiger charge is -2.43. The van der Waals surface area contributed by atoms with Crippen molar-refractivity contribution in [2.45, 2.75) is 38.2 Å². The Hall–Kier alpha value is -1.88. The second-order valence-corrected chi connectivity index (χ2v) is 6.80. The van der Waals surface area contributed by atoms with Gasteiger partial charge in [-0.3, -0.25) is 4.79 Å². The molecule has 0 unspecified atom stereocenters. The van der Waals surface area contributed by atoms with Gasteiger partial charge in [-0.05, 0) is 37.8 Å². The highest BCUT2D eigenvalue weighted by atomic mass is 16.5. The maximum Gasteiger partial charge on any atom is 0.309 e. The molecule has 2 fully saturated rings. The summed E-state index contributed by atoms with van der Waals surface area (Å²) in [5.74, 6) is 0.109. The Labute approximate surface area is 135 Å². The Morgan fingerprint density at radius 1 is 1.35 bits per heavy atom. The van der Waals surface area contributed by atoms with Gasteiger partial charge >= 0.3 is 5.91 Å². The molecule has 1 aliphatic carbocycles. The fraction of sp³-hybridized carbons (Fsp3) is 0.556. The van der Waals surface area contributed by atoms with Gasteiger partial charge in [0, 0.05) is 25.6 Å². The number of para-hydroxylation sites is 2. The number of aromatic nitrogens is 1. The molecule has 0 N–H and O–H groups in total. The van der Waals surface area contributed by atoms with Gasteiger partial charge in [-0.25, -0.2) is 4.98 Å². The van der Waals surface area contributed by atoms with Crippen molar-refractivity contribution in [1.29, 1.82) is 0 Å². The summed E-state index contributed by atoms with van der Waals surface area (Å²) in [6.45, 7) is 1.53. The molecule has 1 aromatic heterocycles. The number of fused-ring (bicyclic) bond motifs is 1. The average Bonchev–Trinajstić information content (AvgIpc) is 3.18. The highest BCUT2D eigenvalue weighted by molar-refractivity contribution is 5.92. The normalized spacial score (nSPS) is 27.9. The van der Waals surface area contributed by atoms with Crippen LogP contribution in [-0.4, -0.2) is 42.1 Å². The van der Waals surface area contributed by atoms with Crippen molar-refractivity contribution < 1.29 is 13.9 Å². The summed E-state index contributed by atoms with van der Waals surface area (Å²) < 4.78 is 11.4. The first kappa shape index (κ1) is 14.7. The standard InChI is InChI=1S/C18H22N2O3/c1-22-15-8-4-9-18(15)10-5-11-20(12-18)17(21)16-19-13-6-2-3-7-14(13)23-16/h2-3,6-7,15H,4-5,8-12H2,1H3/t15-,18+/m1/s1. The van der Waals surface area contributed by atoms with E-state index < -0.39 is 0 Å². The van der Waals surface area contributed by atoms with Crippen molar-refractivity contribution in [2.75, 3.05) is 20.2 Å². The van der Waals surface area contributed by atoms with Crippen LogP contribution in [0, 0.1) is 5.41 Å². The highest BCUT2D eigenvalue weighted by Gasteiger charge is 2.47. The van der Waals surface area contributed by atoms with Gasteiger partial charge in [0.1, 0.15) is 5.52 Å². The number of ether oxygens (including phenoxy) is 1. The van der Waals surface area contributed by atoms with Crippen molar-refractivity contribution in [3.63, 3.8) is 0 Å². The van der Waals surface area contributed by atoms with Crippen molar-refractivity contribution in [3.05, 3.63) is 30.2 Å². The smallest absolute Gasteiger partial charge is 0.309 e. The van der Waals surface area contributed by atoms with E-state index in [0.717, 1.165) is 44.3 Å². The fourth-order valence-electron chi connectivity index (χ4n) is 4.37. The first-order chi connectivity index (χ1) is 11.2. The van der Waals surface area contributed by atoms with E-state index in [1.165, 1.54) is 6.42 Å². The number of amides is 1. The molecule has 1 amide bonds. The minimum Gasteiger partial charge on any atom is -0.432 e. The minimum absolute atomic E-state index is 0.0953. The Kier molecular flexibility index (Phi) is 3.60. The number of hydrogen-bond acceptors (Lipinski definition) is 4.